The van der Waals surface area contributed by atoms with Crippen LogP contribution in [0.1, 0.15) is 29.3 Å². The predicted octanol–water partition coefficient (Wildman–Crippen LogP) is 6.51. The van der Waals surface area contributed by atoms with E-state index in [0.717, 1.165) is 17.7 Å². The second-order valence-corrected chi connectivity index (χ2v) is 6.75. The van der Waals surface area contributed by atoms with Gasteiger partial charge in [0.1, 0.15) is 11.6 Å². The molecule has 1 nitrogen and oxygen atoms in total. The van der Waals surface area contributed by atoms with Crippen molar-refractivity contribution in [3.8, 4) is 5.75 Å². The minimum absolute atomic E-state index is 0.284. The molecule has 2 rings (SSSR count). The normalized spacial score (nSPS) is 12.2. The largest absolute Gasteiger partial charge is 0.494 e. The van der Waals surface area contributed by atoms with Gasteiger partial charge in [-0.1, -0.05) is 46.6 Å². The summed E-state index contributed by atoms with van der Waals surface area (Å²) in [5.41, 5.74) is 1.41. The summed E-state index contributed by atoms with van der Waals surface area (Å²) in [5, 5.41) is 0.481. The number of hydrogen-bond acceptors (Lipinski definition) is 1. The van der Waals surface area contributed by atoms with Crippen molar-refractivity contribution >= 4 is 43.5 Å². The summed E-state index contributed by atoms with van der Waals surface area (Å²) >= 11 is 12.8. The lowest BCUT2D eigenvalue weighted by Crippen LogP contribution is -1.99. The van der Waals surface area contributed by atoms with Crippen LogP contribution in [0.2, 0.25) is 5.02 Å². The van der Waals surface area contributed by atoms with Crippen LogP contribution in [-0.4, -0.2) is 6.61 Å². The van der Waals surface area contributed by atoms with Crippen LogP contribution in [0.15, 0.2) is 40.9 Å². The highest BCUT2D eigenvalue weighted by Crippen LogP contribution is 2.37. The van der Waals surface area contributed by atoms with Crippen LogP contribution < -0.4 is 4.74 Å². The quantitative estimate of drug-likeness (QED) is 0.383. The number of ether oxygens (including phenoxy) is 1. The Balaban J connectivity index is 2.31. The minimum Gasteiger partial charge on any atom is -0.494 e. The van der Waals surface area contributed by atoms with Gasteiger partial charge >= 0.3 is 0 Å². The Bertz CT molecular complexity index is 634. The lowest BCUT2D eigenvalue weighted by molar-refractivity contribution is 0.317. The zero-order valence-corrected chi connectivity index (χ0v) is 15.3. The van der Waals surface area contributed by atoms with Crippen LogP contribution in [0.25, 0.3) is 0 Å². The molecule has 0 radical (unpaired) electrons. The van der Waals surface area contributed by atoms with Crippen LogP contribution in [0, 0.1) is 5.82 Å². The SMILES string of the molecule is CCCOc1cccc(C(Br)c2cc(Cl)c(Br)cc2F)c1. The molecule has 0 aliphatic heterocycles. The lowest BCUT2D eigenvalue weighted by Gasteiger charge is -2.14. The summed E-state index contributed by atoms with van der Waals surface area (Å²) in [6.07, 6.45) is 0.943. The molecule has 1 unspecified atom stereocenters. The van der Waals surface area contributed by atoms with E-state index in [1.165, 1.54) is 6.07 Å². The maximum Gasteiger partial charge on any atom is 0.129 e. The molecule has 2 aromatic rings. The van der Waals surface area contributed by atoms with Crippen molar-refractivity contribution in [1.29, 1.82) is 0 Å². The van der Waals surface area contributed by atoms with Gasteiger partial charge < -0.3 is 4.74 Å². The Labute approximate surface area is 145 Å². The third-order valence-corrected chi connectivity index (χ3v) is 5.16. The topological polar surface area (TPSA) is 9.23 Å². The fourth-order valence-electron chi connectivity index (χ4n) is 1.89. The number of alkyl halides is 1. The predicted molar refractivity (Wildman–Crippen MR) is 92.1 cm³/mol. The molecule has 0 aromatic heterocycles. The number of benzene rings is 2. The maximum atomic E-state index is 14.1. The van der Waals surface area contributed by atoms with E-state index in [-0.39, 0.29) is 10.6 Å². The van der Waals surface area contributed by atoms with Gasteiger partial charge in [-0.15, -0.1) is 0 Å². The minimum atomic E-state index is -0.312. The van der Waals surface area contributed by atoms with Crippen molar-refractivity contribution in [2.75, 3.05) is 6.61 Å². The van der Waals surface area contributed by atoms with Crippen molar-refractivity contribution < 1.29 is 9.13 Å². The first kappa shape index (κ1) is 16.8. The second-order valence-electron chi connectivity index (χ2n) is 4.57. The van der Waals surface area contributed by atoms with E-state index in [0.29, 0.717) is 21.7 Å². The highest BCUT2D eigenvalue weighted by molar-refractivity contribution is 9.10. The van der Waals surface area contributed by atoms with Crippen molar-refractivity contribution in [2.24, 2.45) is 0 Å². The second kappa shape index (κ2) is 7.61. The summed E-state index contributed by atoms with van der Waals surface area (Å²) < 4.78 is 20.3. The third-order valence-electron chi connectivity index (χ3n) is 2.94. The van der Waals surface area contributed by atoms with Crippen molar-refractivity contribution in [1.82, 2.24) is 0 Å². The molecule has 1 atom stereocenters. The van der Waals surface area contributed by atoms with E-state index < -0.39 is 0 Å². The Morgan fingerprint density at radius 2 is 2.05 bits per heavy atom. The molecule has 21 heavy (non-hydrogen) atoms. The van der Waals surface area contributed by atoms with Gasteiger partial charge in [0.15, 0.2) is 0 Å². The zero-order valence-electron chi connectivity index (χ0n) is 11.4. The molecule has 0 saturated carbocycles. The Kier molecular flexibility index (Phi) is 6.08. The number of halogens is 4. The molecule has 0 spiro atoms. The zero-order chi connectivity index (χ0) is 15.4. The monoisotopic (exact) mass is 434 g/mol. The van der Waals surface area contributed by atoms with Gasteiger partial charge in [-0.2, -0.15) is 0 Å². The average molecular weight is 437 g/mol. The van der Waals surface area contributed by atoms with Crippen LogP contribution >= 0.6 is 43.5 Å². The van der Waals surface area contributed by atoms with Crippen molar-refractivity contribution in [3.63, 3.8) is 0 Å². The van der Waals surface area contributed by atoms with E-state index in [1.807, 2.05) is 24.3 Å². The molecule has 2 aromatic carbocycles. The van der Waals surface area contributed by atoms with E-state index in [2.05, 4.69) is 38.8 Å². The number of hydrogen-bond donors (Lipinski definition) is 0. The molecule has 0 aliphatic rings. The molecule has 0 aliphatic carbocycles. The first-order valence-corrected chi connectivity index (χ1v) is 8.63. The molecule has 112 valence electrons. The number of rotatable bonds is 5. The Morgan fingerprint density at radius 3 is 2.76 bits per heavy atom. The van der Waals surface area contributed by atoms with Gasteiger partial charge in [-0.25, -0.2) is 4.39 Å². The van der Waals surface area contributed by atoms with Gasteiger partial charge in [-0.05, 0) is 52.2 Å². The van der Waals surface area contributed by atoms with Gasteiger partial charge in [0, 0.05) is 10.0 Å². The molecule has 0 saturated heterocycles. The molecular formula is C16H14Br2ClFO. The Morgan fingerprint density at radius 1 is 1.29 bits per heavy atom. The first-order valence-electron chi connectivity index (χ1n) is 6.54. The summed E-state index contributed by atoms with van der Waals surface area (Å²) in [4.78, 5) is -0.284. The first-order chi connectivity index (χ1) is 10.0. The molecule has 0 bridgehead atoms. The van der Waals surface area contributed by atoms with Gasteiger partial charge in [0.25, 0.3) is 0 Å². The van der Waals surface area contributed by atoms with E-state index >= 15 is 0 Å². The maximum absolute atomic E-state index is 14.1. The molecule has 0 heterocycles. The van der Waals surface area contributed by atoms with Gasteiger partial charge in [0.05, 0.1) is 16.5 Å². The average Bonchev–Trinajstić information content (AvgIpc) is 2.48. The summed E-state index contributed by atoms with van der Waals surface area (Å²) in [7, 11) is 0. The third kappa shape index (κ3) is 4.21. The summed E-state index contributed by atoms with van der Waals surface area (Å²) in [5.74, 6) is 0.468. The van der Waals surface area contributed by atoms with Crippen LogP contribution in [0.4, 0.5) is 4.39 Å². The van der Waals surface area contributed by atoms with E-state index in [9.17, 15) is 4.39 Å². The molecule has 0 fully saturated rings. The van der Waals surface area contributed by atoms with E-state index in [4.69, 9.17) is 16.3 Å². The van der Waals surface area contributed by atoms with Crippen molar-refractivity contribution in [3.05, 3.63) is 62.8 Å². The smallest absolute Gasteiger partial charge is 0.129 e. The standard InChI is InChI=1S/C16H14Br2ClFO/c1-2-6-21-11-5-3-4-10(7-11)16(18)12-8-14(19)13(17)9-15(12)20/h3-5,7-9,16H,2,6H2,1H3. The van der Waals surface area contributed by atoms with Gasteiger partial charge in [-0.3, -0.25) is 0 Å². The molecular weight excluding hydrogens is 422 g/mol. The van der Waals surface area contributed by atoms with Crippen LogP contribution in [-0.2, 0) is 0 Å². The molecule has 5 heteroatoms. The van der Waals surface area contributed by atoms with Crippen LogP contribution in [0.3, 0.4) is 0 Å². The fraction of sp³-hybridized carbons (Fsp3) is 0.250. The van der Waals surface area contributed by atoms with E-state index in [1.54, 1.807) is 6.07 Å². The van der Waals surface area contributed by atoms with Gasteiger partial charge in [0.2, 0.25) is 0 Å². The molecule has 0 N–H and O–H groups in total. The summed E-state index contributed by atoms with van der Waals surface area (Å²) in [6.45, 7) is 2.71. The highest BCUT2D eigenvalue weighted by Gasteiger charge is 2.17. The Hall–Kier alpha value is -0.580. The lowest BCUT2D eigenvalue weighted by atomic mass is 10.0. The van der Waals surface area contributed by atoms with Crippen molar-refractivity contribution in [2.45, 2.75) is 18.2 Å². The summed E-state index contributed by atoms with van der Waals surface area (Å²) in [6, 6.07) is 10.6. The van der Waals surface area contributed by atoms with Crippen LogP contribution in [0.5, 0.6) is 5.75 Å². The highest BCUT2D eigenvalue weighted by atomic mass is 79.9. The fourth-order valence-corrected chi connectivity index (χ4v) is 3.02. The molecule has 0 amide bonds.